The van der Waals surface area contributed by atoms with Gasteiger partial charge in [0.15, 0.2) is 11.6 Å². The number of aromatic hydroxyl groups is 2. The zero-order valence-electron chi connectivity index (χ0n) is 23.1. The highest BCUT2D eigenvalue weighted by Crippen LogP contribution is 2.47. The van der Waals surface area contributed by atoms with E-state index < -0.39 is 23.6 Å². The third-order valence-electron chi connectivity index (χ3n) is 8.20. The van der Waals surface area contributed by atoms with E-state index in [2.05, 4.69) is 9.80 Å². The van der Waals surface area contributed by atoms with Crippen molar-refractivity contribution >= 4 is 11.6 Å². The first kappa shape index (κ1) is 28.5. The van der Waals surface area contributed by atoms with Crippen LogP contribution in [0, 0.1) is 24.6 Å². The highest BCUT2D eigenvalue weighted by Gasteiger charge is 2.52. The molecule has 0 radical (unpaired) electrons. The lowest BCUT2D eigenvalue weighted by Crippen LogP contribution is -2.60. The largest absolute Gasteiger partial charge is 0.508 e. The molecule has 6 nitrogen and oxygen atoms in total. The quantitative estimate of drug-likeness (QED) is 0.384. The second kappa shape index (κ2) is 11.7. The fourth-order valence-corrected chi connectivity index (χ4v) is 6.17. The predicted octanol–water partition coefficient (Wildman–Crippen LogP) is 5.28. The van der Waals surface area contributed by atoms with Crippen molar-refractivity contribution in [2.75, 3.05) is 27.2 Å². The molecule has 1 heterocycles. The lowest BCUT2D eigenvalue weighted by atomic mass is 9.62. The minimum atomic E-state index is -0.697. The molecule has 4 rings (SSSR count). The lowest BCUT2D eigenvalue weighted by molar-refractivity contribution is 0.00310. The van der Waals surface area contributed by atoms with E-state index in [-0.39, 0.29) is 35.1 Å². The Morgan fingerprint density at radius 1 is 0.846 bits per heavy atom. The number of phenolic OH excluding ortho intramolecular Hbond substituents is 2. The first-order chi connectivity index (χ1) is 18.5. The third-order valence-corrected chi connectivity index (χ3v) is 8.20. The van der Waals surface area contributed by atoms with Crippen LogP contribution in [0.15, 0.2) is 66.7 Å². The van der Waals surface area contributed by atoms with Gasteiger partial charge in [-0.1, -0.05) is 36.4 Å². The van der Waals surface area contributed by atoms with Crippen molar-refractivity contribution in [1.29, 1.82) is 0 Å². The van der Waals surface area contributed by atoms with E-state index in [1.807, 2.05) is 34.0 Å². The van der Waals surface area contributed by atoms with Crippen LogP contribution in [0.5, 0.6) is 11.5 Å². The van der Waals surface area contributed by atoms with Crippen LogP contribution in [0.2, 0.25) is 0 Å². The molecule has 1 saturated heterocycles. The van der Waals surface area contributed by atoms with E-state index in [4.69, 9.17) is 0 Å². The Labute approximate surface area is 229 Å². The smallest absolute Gasteiger partial charge is 0.168 e. The number of likely N-dealkylation sites (N-methyl/N-ethyl adjacent to an activating group) is 1. The molecule has 1 aliphatic heterocycles. The van der Waals surface area contributed by atoms with Crippen LogP contribution in [-0.4, -0.2) is 70.8 Å². The molecule has 2 N–H and O–H groups in total. The monoisotopic (exact) mass is 532 g/mol. The van der Waals surface area contributed by atoms with E-state index in [1.165, 1.54) is 30.3 Å². The number of ketones is 2. The van der Waals surface area contributed by atoms with Gasteiger partial charge >= 0.3 is 0 Å². The number of piperidine rings is 1. The minimum absolute atomic E-state index is 0.0204. The van der Waals surface area contributed by atoms with E-state index >= 15 is 0 Å². The number of likely N-dealkylation sites (tertiary alicyclic amines) is 1. The zero-order chi connectivity index (χ0) is 28.4. The number of hydrogen-bond acceptors (Lipinski definition) is 6. The highest BCUT2D eigenvalue weighted by molar-refractivity contribution is 6.03. The summed E-state index contributed by atoms with van der Waals surface area (Å²) in [5.41, 5.74) is 1.72. The topological polar surface area (TPSA) is 81.1 Å². The summed E-state index contributed by atoms with van der Waals surface area (Å²) in [4.78, 5) is 32.8. The fraction of sp³-hybridized carbons (Fsp3) is 0.375. The van der Waals surface area contributed by atoms with E-state index in [0.717, 1.165) is 6.54 Å². The fourth-order valence-electron chi connectivity index (χ4n) is 6.17. The standard InChI is InChI=1S/C32H37FN2O4/c1-19-26(13-8-14-27(19)33)30-28(31(38)22-9-6-11-24(36)17-22)20(2)35(16-15-34(4)5)21(3)29(30)32(39)23-10-7-12-25(37)18-23/h6-14,17-18,20-21,28-30,36-37H,15-16H2,1-5H3/t20-,21+,28-,29+,30+. The molecule has 7 heteroatoms. The number of carbonyl (C=O) groups is 2. The first-order valence-corrected chi connectivity index (χ1v) is 13.3. The Morgan fingerprint density at radius 2 is 1.33 bits per heavy atom. The molecular formula is C32H37FN2O4. The second-order valence-electron chi connectivity index (χ2n) is 10.9. The number of hydrogen-bond donors (Lipinski definition) is 2. The van der Waals surface area contributed by atoms with Gasteiger partial charge in [-0.2, -0.15) is 0 Å². The molecule has 3 aromatic rings. The SMILES string of the molecule is Cc1c(F)cccc1[C@@H]1[C@@H](C(=O)c2cccc(O)c2)[C@H](C)N(CCN(C)C)[C@H](C)[C@H]1C(=O)c1cccc(O)c1. The number of carbonyl (C=O) groups excluding carboxylic acids is 2. The summed E-state index contributed by atoms with van der Waals surface area (Å²) in [5.74, 6) is -2.87. The van der Waals surface area contributed by atoms with Crippen LogP contribution in [0.25, 0.3) is 0 Å². The van der Waals surface area contributed by atoms with Gasteiger partial charge in [0, 0.05) is 54.1 Å². The zero-order valence-corrected chi connectivity index (χ0v) is 23.1. The van der Waals surface area contributed by atoms with Crippen molar-refractivity contribution < 1.29 is 24.2 Å². The molecule has 3 aromatic carbocycles. The summed E-state index contributed by atoms with van der Waals surface area (Å²) in [6.07, 6.45) is 0. The summed E-state index contributed by atoms with van der Waals surface area (Å²) in [5, 5.41) is 20.3. The van der Waals surface area contributed by atoms with Crippen LogP contribution in [0.1, 0.15) is 51.6 Å². The molecule has 1 fully saturated rings. The van der Waals surface area contributed by atoms with Crippen LogP contribution in [0.3, 0.4) is 0 Å². The van der Waals surface area contributed by atoms with Crippen molar-refractivity contribution in [1.82, 2.24) is 9.80 Å². The van der Waals surface area contributed by atoms with Gasteiger partial charge in [0.05, 0.1) is 0 Å². The maximum Gasteiger partial charge on any atom is 0.168 e. The molecule has 5 atom stereocenters. The van der Waals surface area contributed by atoms with Gasteiger partial charge < -0.3 is 15.1 Å². The van der Waals surface area contributed by atoms with Gasteiger partial charge in [-0.05, 0) is 76.3 Å². The molecule has 206 valence electrons. The van der Waals surface area contributed by atoms with Crippen molar-refractivity contribution in [2.24, 2.45) is 11.8 Å². The van der Waals surface area contributed by atoms with Gasteiger partial charge in [-0.3, -0.25) is 14.5 Å². The van der Waals surface area contributed by atoms with Crippen LogP contribution in [-0.2, 0) is 0 Å². The van der Waals surface area contributed by atoms with E-state index in [9.17, 15) is 24.2 Å². The lowest BCUT2D eigenvalue weighted by Gasteiger charge is -2.52. The minimum Gasteiger partial charge on any atom is -0.508 e. The highest BCUT2D eigenvalue weighted by atomic mass is 19.1. The molecule has 0 saturated carbocycles. The Balaban J connectivity index is 1.94. The van der Waals surface area contributed by atoms with Gasteiger partial charge in [-0.25, -0.2) is 4.39 Å². The summed E-state index contributed by atoms with van der Waals surface area (Å²) in [6.45, 7) is 7.02. The maximum absolute atomic E-state index is 15.0. The van der Waals surface area contributed by atoms with E-state index in [1.54, 1.807) is 37.3 Å². The van der Waals surface area contributed by atoms with Gasteiger partial charge in [0.25, 0.3) is 0 Å². The number of benzene rings is 3. The summed E-state index contributed by atoms with van der Waals surface area (Å²) in [7, 11) is 3.95. The van der Waals surface area contributed by atoms with Crippen molar-refractivity contribution in [3.05, 3.63) is 94.8 Å². The predicted molar refractivity (Wildman–Crippen MR) is 150 cm³/mol. The van der Waals surface area contributed by atoms with Gasteiger partial charge in [-0.15, -0.1) is 0 Å². The number of phenols is 2. The Kier molecular flexibility index (Phi) is 8.52. The number of rotatable bonds is 8. The molecular weight excluding hydrogens is 495 g/mol. The summed E-state index contributed by atoms with van der Waals surface area (Å²) >= 11 is 0. The molecule has 0 bridgehead atoms. The van der Waals surface area contributed by atoms with Crippen LogP contribution >= 0.6 is 0 Å². The van der Waals surface area contributed by atoms with Crippen molar-refractivity contribution in [3.8, 4) is 11.5 Å². The Morgan fingerprint density at radius 3 is 1.79 bits per heavy atom. The normalized spacial score (nSPS) is 23.6. The van der Waals surface area contributed by atoms with Gasteiger partial charge in [0.2, 0.25) is 0 Å². The molecule has 39 heavy (non-hydrogen) atoms. The van der Waals surface area contributed by atoms with Crippen LogP contribution in [0.4, 0.5) is 4.39 Å². The third kappa shape index (κ3) is 5.75. The molecule has 0 spiro atoms. The number of halogens is 1. The van der Waals surface area contributed by atoms with Crippen molar-refractivity contribution in [3.63, 3.8) is 0 Å². The summed E-state index contributed by atoms with van der Waals surface area (Å²) in [6, 6.07) is 16.7. The first-order valence-electron chi connectivity index (χ1n) is 13.3. The number of Topliss-reactive ketones (excluding diaryl/α,β-unsaturated/α-hetero) is 2. The van der Waals surface area contributed by atoms with Crippen LogP contribution < -0.4 is 0 Å². The molecule has 0 amide bonds. The molecule has 0 aliphatic carbocycles. The Bertz CT molecular complexity index is 1290. The average Bonchev–Trinajstić information content (AvgIpc) is 2.89. The molecule has 0 unspecified atom stereocenters. The van der Waals surface area contributed by atoms with Gasteiger partial charge in [0.1, 0.15) is 17.3 Å². The molecule has 1 aliphatic rings. The Hall–Kier alpha value is -3.55. The van der Waals surface area contributed by atoms with E-state index in [0.29, 0.717) is 28.8 Å². The number of nitrogens with zero attached hydrogens (tertiary/aromatic N) is 2. The maximum atomic E-state index is 15.0. The average molecular weight is 533 g/mol. The van der Waals surface area contributed by atoms with Crippen molar-refractivity contribution in [2.45, 2.75) is 38.8 Å². The summed E-state index contributed by atoms with van der Waals surface area (Å²) < 4.78 is 15.0. The molecule has 0 aromatic heterocycles. The second-order valence-corrected chi connectivity index (χ2v) is 10.9.